The van der Waals surface area contributed by atoms with Gasteiger partial charge < -0.3 is 10.1 Å². The fraction of sp³-hybridized carbons (Fsp3) is 0.417. The van der Waals surface area contributed by atoms with Gasteiger partial charge in [0.2, 0.25) is 17.5 Å². The largest absolute Gasteiger partial charge is 0.443 e. The number of ether oxygens (including phenoxy) is 1. The summed E-state index contributed by atoms with van der Waals surface area (Å²) in [5.74, 6) is -2.00. The number of hydrogen-bond donors (Lipinski definition) is 1. The molecule has 0 spiro atoms. The van der Waals surface area contributed by atoms with Crippen molar-refractivity contribution in [1.82, 2.24) is 10.3 Å². The van der Waals surface area contributed by atoms with Crippen molar-refractivity contribution in [2.75, 3.05) is 6.54 Å². The number of carbonyl (C=O) groups is 1. The fourth-order valence-electron chi connectivity index (χ4n) is 3.54. The molecule has 3 rings (SSSR count). The average Bonchev–Trinajstić information content (AvgIpc) is 3.13. The number of benzene rings is 2. The highest BCUT2D eigenvalue weighted by Crippen LogP contribution is 2.41. The first-order valence-corrected chi connectivity index (χ1v) is 10.6. The maximum atomic E-state index is 14.5. The van der Waals surface area contributed by atoms with Crippen molar-refractivity contribution in [3.63, 3.8) is 0 Å². The molecule has 7 heteroatoms. The smallest absolute Gasteiger partial charge is 0.249 e. The molecule has 1 atom stereocenters. The molecule has 2 aromatic carbocycles. The Kier molecular flexibility index (Phi) is 7.05. The predicted molar refractivity (Wildman–Crippen MR) is 116 cm³/mol. The van der Waals surface area contributed by atoms with Crippen molar-refractivity contribution < 1.29 is 18.3 Å². The number of halogens is 2. The summed E-state index contributed by atoms with van der Waals surface area (Å²) >= 11 is 0. The molecule has 1 amide bonds. The van der Waals surface area contributed by atoms with E-state index in [4.69, 9.17) is 4.74 Å². The number of carbonyl (C=O) groups excluding carboxylic acids is 1. The van der Waals surface area contributed by atoms with E-state index in [0.717, 1.165) is 23.8 Å². The number of hydrogen-bond acceptors (Lipinski definition) is 4. The monoisotopic (exact) mass is 429 g/mol. The quantitative estimate of drug-likeness (QED) is 0.615. The van der Waals surface area contributed by atoms with E-state index in [1.165, 1.54) is 5.01 Å². The number of nitrogens with one attached hydrogen (secondary N) is 1. The van der Waals surface area contributed by atoms with Crippen molar-refractivity contribution in [3.05, 3.63) is 71.3 Å². The van der Waals surface area contributed by atoms with Crippen LogP contribution < -0.4 is 5.32 Å². The van der Waals surface area contributed by atoms with Crippen LogP contribution in [0, 0.1) is 17.6 Å². The second-order valence-corrected chi connectivity index (χ2v) is 8.30. The van der Waals surface area contributed by atoms with Gasteiger partial charge in [0.1, 0.15) is 11.6 Å². The van der Waals surface area contributed by atoms with E-state index >= 15 is 0 Å². The lowest BCUT2D eigenvalue weighted by Crippen LogP contribution is -2.47. The number of rotatable bonds is 8. The van der Waals surface area contributed by atoms with Gasteiger partial charge in [-0.15, -0.1) is 5.10 Å². The van der Waals surface area contributed by atoms with Gasteiger partial charge in [-0.05, 0) is 31.2 Å². The molecule has 1 aliphatic heterocycles. The van der Waals surface area contributed by atoms with E-state index in [-0.39, 0.29) is 23.3 Å². The first-order valence-electron chi connectivity index (χ1n) is 10.6. The molecule has 0 radical (unpaired) electrons. The highest BCUT2D eigenvalue weighted by Gasteiger charge is 2.50. The van der Waals surface area contributed by atoms with Crippen LogP contribution in [0.1, 0.15) is 51.7 Å². The normalized spacial score (nSPS) is 18.5. The van der Waals surface area contributed by atoms with E-state index < -0.39 is 17.4 Å². The number of nitrogens with zero attached hydrogens (tertiary/aromatic N) is 2. The molecule has 0 saturated carbocycles. The van der Waals surface area contributed by atoms with Crippen molar-refractivity contribution >= 4 is 11.8 Å². The highest BCUT2D eigenvalue weighted by molar-refractivity contribution is 5.97. The van der Waals surface area contributed by atoms with E-state index in [1.54, 1.807) is 13.8 Å². The van der Waals surface area contributed by atoms with Crippen LogP contribution in [-0.4, -0.2) is 29.4 Å². The van der Waals surface area contributed by atoms with Crippen LogP contribution in [0.2, 0.25) is 0 Å². The Morgan fingerprint density at radius 1 is 1.13 bits per heavy atom. The second kappa shape index (κ2) is 9.56. The van der Waals surface area contributed by atoms with Crippen LogP contribution in [0.5, 0.6) is 0 Å². The van der Waals surface area contributed by atoms with Crippen LogP contribution in [0.3, 0.4) is 0 Å². The van der Waals surface area contributed by atoms with Crippen LogP contribution in [-0.2, 0) is 15.3 Å². The number of amides is 1. The molecule has 1 unspecified atom stereocenters. The molecule has 0 bridgehead atoms. The summed E-state index contributed by atoms with van der Waals surface area (Å²) in [5.41, 5.74) is -0.626. The summed E-state index contributed by atoms with van der Waals surface area (Å²) in [7, 11) is 0. The van der Waals surface area contributed by atoms with Crippen molar-refractivity contribution in [2.45, 2.75) is 52.3 Å². The van der Waals surface area contributed by atoms with Crippen LogP contribution in [0.15, 0.2) is 53.6 Å². The standard InChI is InChI=1S/C24H29F2N3O2/c1-16(2)23(30)29-24(13-8-14-27-17(3)4,18-9-6-5-7-10-18)31-22(28-29)20-15-19(25)11-12-21(20)26/h5-7,9-12,15-17,27H,8,13-14H2,1-4H3. The number of hydrazone groups is 1. The van der Waals surface area contributed by atoms with Gasteiger partial charge in [-0.25, -0.2) is 8.78 Å². The molecule has 0 saturated heterocycles. The molecule has 2 aromatic rings. The fourth-order valence-corrected chi connectivity index (χ4v) is 3.54. The second-order valence-electron chi connectivity index (χ2n) is 8.30. The predicted octanol–water partition coefficient (Wildman–Crippen LogP) is 4.77. The molecule has 0 aromatic heterocycles. The van der Waals surface area contributed by atoms with Gasteiger partial charge >= 0.3 is 0 Å². The van der Waals surface area contributed by atoms with Gasteiger partial charge in [0.15, 0.2) is 0 Å². The molecular formula is C24H29F2N3O2. The molecule has 1 heterocycles. The molecule has 31 heavy (non-hydrogen) atoms. The lowest BCUT2D eigenvalue weighted by Gasteiger charge is -2.36. The third kappa shape index (κ3) is 4.93. The first kappa shape index (κ1) is 22.9. The van der Waals surface area contributed by atoms with Gasteiger partial charge in [0.05, 0.1) is 5.56 Å². The topological polar surface area (TPSA) is 53.9 Å². The Bertz CT molecular complexity index is 947. The maximum Gasteiger partial charge on any atom is 0.249 e. The van der Waals surface area contributed by atoms with Crippen molar-refractivity contribution in [3.8, 4) is 0 Å². The molecule has 5 nitrogen and oxygen atoms in total. The van der Waals surface area contributed by atoms with Crippen LogP contribution in [0.25, 0.3) is 0 Å². The summed E-state index contributed by atoms with van der Waals surface area (Å²) in [6, 6.07) is 12.7. The van der Waals surface area contributed by atoms with Gasteiger partial charge in [-0.1, -0.05) is 58.0 Å². The van der Waals surface area contributed by atoms with E-state index in [2.05, 4.69) is 24.3 Å². The van der Waals surface area contributed by atoms with Crippen LogP contribution >= 0.6 is 0 Å². The third-order valence-corrected chi connectivity index (χ3v) is 5.13. The third-order valence-electron chi connectivity index (χ3n) is 5.13. The maximum absolute atomic E-state index is 14.5. The van der Waals surface area contributed by atoms with E-state index in [0.29, 0.717) is 25.4 Å². The van der Waals surface area contributed by atoms with Crippen molar-refractivity contribution in [1.29, 1.82) is 0 Å². The molecule has 166 valence electrons. The van der Waals surface area contributed by atoms with Crippen LogP contribution in [0.4, 0.5) is 8.78 Å². The highest BCUT2D eigenvalue weighted by atomic mass is 19.1. The summed E-state index contributed by atoms with van der Waals surface area (Å²) < 4.78 is 34.6. The zero-order valence-corrected chi connectivity index (χ0v) is 18.4. The lowest BCUT2D eigenvalue weighted by molar-refractivity contribution is -0.156. The lowest BCUT2D eigenvalue weighted by atomic mass is 9.95. The molecule has 0 fully saturated rings. The molecule has 1 aliphatic rings. The SMILES string of the molecule is CC(C)NCCCC1(c2ccccc2)OC(c2cc(F)ccc2F)=NN1C(=O)C(C)C. The zero-order chi connectivity index (χ0) is 22.6. The van der Waals surface area contributed by atoms with E-state index in [9.17, 15) is 13.6 Å². The van der Waals surface area contributed by atoms with Gasteiger partial charge in [0, 0.05) is 23.9 Å². The summed E-state index contributed by atoms with van der Waals surface area (Å²) in [6.07, 6.45) is 1.11. The first-order chi connectivity index (χ1) is 14.7. The minimum atomic E-state index is -1.24. The Morgan fingerprint density at radius 3 is 2.48 bits per heavy atom. The Morgan fingerprint density at radius 2 is 1.84 bits per heavy atom. The minimum absolute atomic E-state index is 0.105. The Labute approximate surface area is 182 Å². The molecule has 0 aliphatic carbocycles. The summed E-state index contributed by atoms with van der Waals surface area (Å²) in [4.78, 5) is 13.2. The van der Waals surface area contributed by atoms with Gasteiger partial charge in [-0.3, -0.25) is 4.79 Å². The van der Waals surface area contributed by atoms with Gasteiger partial charge in [-0.2, -0.15) is 5.01 Å². The van der Waals surface area contributed by atoms with E-state index in [1.807, 2.05) is 30.3 Å². The Hall–Kier alpha value is -2.80. The summed E-state index contributed by atoms with van der Waals surface area (Å²) in [5, 5.41) is 9.04. The average molecular weight is 430 g/mol. The zero-order valence-electron chi connectivity index (χ0n) is 18.4. The Balaban J connectivity index is 2.06. The van der Waals surface area contributed by atoms with Crippen molar-refractivity contribution in [2.24, 2.45) is 11.0 Å². The minimum Gasteiger partial charge on any atom is -0.443 e. The van der Waals surface area contributed by atoms with Gasteiger partial charge in [0.25, 0.3) is 0 Å². The molecule has 1 N–H and O–H groups in total. The summed E-state index contributed by atoms with van der Waals surface area (Å²) in [6.45, 7) is 8.37. The molecular weight excluding hydrogens is 400 g/mol.